The number of halogens is 3. The second-order valence-electron chi connectivity index (χ2n) is 7.37. The summed E-state index contributed by atoms with van der Waals surface area (Å²) in [6.45, 7) is 5.83. The molecule has 0 fully saturated rings. The summed E-state index contributed by atoms with van der Waals surface area (Å²) >= 11 is 13.5. The fourth-order valence-electron chi connectivity index (χ4n) is 2.80. The molecule has 2 atom stereocenters. The highest BCUT2D eigenvalue weighted by Gasteiger charge is 2.26. The van der Waals surface area contributed by atoms with E-state index in [2.05, 4.69) is 5.32 Å². The van der Waals surface area contributed by atoms with E-state index in [0.717, 1.165) is 17.5 Å². The van der Waals surface area contributed by atoms with Crippen LogP contribution in [0.5, 0.6) is 0 Å². The van der Waals surface area contributed by atoms with E-state index in [-0.39, 0.29) is 36.0 Å². The van der Waals surface area contributed by atoms with Gasteiger partial charge in [-0.15, -0.1) is 11.8 Å². The third kappa shape index (κ3) is 8.02. The lowest BCUT2D eigenvalue weighted by atomic mass is 10.1. The molecule has 1 N–H and O–H groups in total. The van der Waals surface area contributed by atoms with Crippen molar-refractivity contribution in [3.63, 3.8) is 0 Å². The molecule has 4 nitrogen and oxygen atoms in total. The van der Waals surface area contributed by atoms with Crippen molar-refractivity contribution < 1.29 is 14.0 Å². The van der Waals surface area contributed by atoms with E-state index in [1.807, 2.05) is 19.9 Å². The minimum absolute atomic E-state index is 0.0131. The lowest BCUT2D eigenvalue weighted by Gasteiger charge is -2.29. The Hall–Kier alpha value is -1.76. The van der Waals surface area contributed by atoms with Crippen LogP contribution in [0.4, 0.5) is 4.39 Å². The summed E-state index contributed by atoms with van der Waals surface area (Å²) in [5, 5.41) is 4.03. The van der Waals surface area contributed by atoms with Crippen molar-refractivity contribution in [2.24, 2.45) is 0 Å². The van der Waals surface area contributed by atoms with Gasteiger partial charge in [-0.1, -0.05) is 48.3 Å². The van der Waals surface area contributed by atoms with Gasteiger partial charge in [-0.25, -0.2) is 4.39 Å². The van der Waals surface area contributed by atoms with Crippen LogP contribution in [0.15, 0.2) is 42.5 Å². The first-order valence-corrected chi connectivity index (χ1v) is 12.0. The monoisotopic (exact) mass is 484 g/mol. The van der Waals surface area contributed by atoms with Gasteiger partial charge in [-0.2, -0.15) is 0 Å². The SMILES string of the molecule is CCC(C)NC(=O)C(C)N(Cc1ccc(F)cc1)C(=O)CSCc1ccc(Cl)cc1Cl. The summed E-state index contributed by atoms with van der Waals surface area (Å²) in [6.07, 6.45) is 0.794. The molecule has 0 heterocycles. The first kappa shape index (κ1) is 25.5. The Kier molecular flexibility index (Phi) is 10.1. The molecule has 2 unspecified atom stereocenters. The molecule has 0 spiro atoms. The topological polar surface area (TPSA) is 49.4 Å². The summed E-state index contributed by atoms with van der Waals surface area (Å²) < 4.78 is 13.3. The highest BCUT2D eigenvalue weighted by atomic mass is 35.5. The van der Waals surface area contributed by atoms with E-state index in [9.17, 15) is 14.0 Å². The molecule has 0 saturated carbocycles. The van der Waals surface area contributed by atoms with Gasteiger partial charge in [-0.3, -0.25) is 9.59 Å². The van der Waals surface area contributed by atoms with Gasteiger partial charge in [-0.05, 0) is 55.7 Å². The number of nitrogens with zero attached hydrogens (tertiary/aromatic N) is 1. The molecule has 0 aliphatic carbocycles. The Morgan fingerprint density at radius 3 is 2.42 bits per heavy atom. The molecule has 2 rings (SSSR count). The maximum Gasteiger partial charge on any atom is 0.242 e. The Labute approximate surface area is 197 Å². The predicted molar refractivity (Wildman–Crippen MR) is 127 cm³/mol. The molecule has 0 radical (unpaired) electrons. The number of hydrogen-bond donors (Lipinski definition) is 1. The van der Waals surface area contributed by atoms with Gasteiger partial charge in [0.25, 0.3) is 0 Å². The number of carbonyl (C=O) groups excluding carboxylic acids is 2. The molecule has 31 heavy (non-hydrogen) atoms. The zero-order valence-electron chi connectivity index (χ0n) is 17.8. The maximum absolute atomic E-state index is 13.3. The van der Waals surface area contributed by atoms with E-state index >= 15 is 0 Å². The highest BCUT2D eigenvalue weighted by molar-refractivity contribution is 7.99. The number of benzene rings is 2. The van der Waals surface area contributed by atoms with Crippen LogP contribution in [-0.2, 0) is 21.9 Å². The predicted octanol–water partition coefficient (Wildman–Crippen LogP) is 5.70. The van der Waals surface area contributed by atoms with Gasteiger partial charge in [0.15, 0.2) is 0 Å². The smallest absolute Gasteiger partial charge is 0.242 e. The maximum atomic E-state index is 13.3. The van der Waals surface area contributed by atoms with Crippen molar-refractivity contribution in [2.45, 2.75) is 51.6 Å². The summed E-state index contributed by atoms with van der Waals surface area (Å²) in [7, 11) is 0. The highest BCUT2D eigenvalue weighted by Crippen LogP contribution is 2.25. The second-order valence-corrected chi connectivity index (χ2v) is 9.20. The fraction of sp³-hybridized carbons (Fsp3) is 0.391. The van der Waals surface area contributed by atoms with E-state index < -0.39 is 6.04 Å². The average molecular weight is 485 g/mol. The Morgan fingerprint density at radius 2 is 1.81 bits per heavy atom. The zero-order valence-corrected chi connectivity index (χ0v) is 20.2. The second kappa shape index (κ2) is 12.3. The average Bonchev–Trinajstić information content (AvgIpc) is 2.74. The number of rotatable bonds is 10. The number of thioether (sulfide) groups is 1. The number of carbonyl (C=O) groups is 2. The molecule has 0 bridgehead atoms. The van der Waals surface area contributed by atoms with Crippen LogP contribution in [0.25, 0.3) is 0 Å². The van der Waals surface area contributed by atoms with Crippen LogP contribution >= 0.6 is 35.0 Å². The van der Waals surface area contributed by atoms with E-state index in [0.29, 0.717) is 15.8 Å². The number of amides is 2. The van der Waals surface area contributed by atoms with Crippen LogP contribution in [0.2, 0.25) is 10.0 Å². The van der Waals surface area contributed by atoms with E-state index in [1.54, 1.807) is 31.2 Å². The van der Waals surface area contributed by atoms with Crippen molar-refractivity contribution in [3.05, 3.63) is 69.5 Å². The van der Waals surface area contributed by atoms with Gasteiger partial charge >= 0.3 is 0 Å². The zero-order chi connectivity index (χ0) is 23.0. The normalized spacial score (nSPS) is 12.8. The standard InChI is InChI=1S/C23H27Cl2FN2O2S/c1-4-15(2)27-23(30)16(3)28(12-17-5-9-20(26)10-6-17)22(29)14-31-13-18-7-8-19(24)11-21(18)25/h5-11,15-16H,4,12-14H2,1-3H3,(H,27,30). The number of nitrogens with one attached hydrogen (secondary N) is 1. The molecular weight excluding hydrogens is 458 g/mol. The third-order valence-corrected chi connectivity index (χ3v) is 6.49. The fourth-order valence-corrected chi connectivity index (χ4v) is 4.27. The van der Waals surface area contributed by atoms with E-state index in [1.165, 1.54) is 28.8 Å². The molecule has 168 valence electrons. The molecule has 0 aromatic heterocycles. The summed E-state index contributed by atoms with van der Waals surface area (Å²) in [4.78, 5) is 27.2. The Balaban J connectivity index is 2.08. The summed E-state index contributed by atoms with van der Waals surface area (Å²) in [5.74, 6) is -0.0120. The molecule has 0 aliphatic heterocycles. The lowest BCUT2D eigenvalue weighted by molar-refractivity contribution is -0.138. The first-order chi connectivity index (χ1) is 14.7. The van der Waals surface area contributed by atoms with Crippen molar-refractivity contribution in [1.82, 2.24) is 10.2 Å². The van der Waals surface area contributed by atoms with Crippen molar-refractivity contribution in [1.29, 1.82) is 0 Å². The van der Waals surface area contributed by atoms with Gasteiger partial charge in [0.2, 0.25) is 11.8 Å². The van der Waals surface area contributed by atoms with Crippen molar-refractivity contribution in [2.75, 3.05) is 5.75 Å². The molecule has 0 saturated heterocycles. The van der Waals surface area contributed by atoms with Crippen LogP contribution in [0.3, 0.4) is 0 Å². The largest absolute Gasteiger partial charge is 0.352 e. The third-order valence-electron chi connectivity index (χ3n) is 4.93. The molecular formula is C23H27Cl2FN2O2S. The molecule has 2 aromatic rings. The van der Waals surface area contributed by atoms with Gasteiger partial charge < -0.3 is 10.2 Å². The summed E-state index contributed by atoms with van der Waals surface area (Å²) in [5.41, 5.74) is 1.64. The van der Waals surface area contributed by atoms with Crippen molar-refractivity contribution in [3.8, 4) is 0 Å². The van der Waals surface area contributed by atoms with Gasteiger partial charge in [0.1, 0.15) is 11.9 Å². The van der Waals surface area contributed by atoms with Crippen LogP contribution in [0, 0.1) is 5.82 Å². The van der Waals surface area contributed by atoms with Gasteiger partial charge in [0, 0.05) is 28.4 Å². The molecule has 2 amide bonds. The van der Waals surface area contributed by atoms with Crippen LogP contribution in [-0.4, -0.2) is 34.6 Å². The quantitative estimate of drug-likeness (QED) is 0.470. The molecule has 0 aliphatic rings. The van der Waals surface area contributed by atoms with Crippen LogP contribution in [0.1, 0.15) is 38.3 Å². The Bertz CT molecular complexity index is 896. The van der Waals surface area contributed by atoms with Crippen molar-refractivity contribution >= 4 is 46.8 Å². The minimum Gasteiger partial charge on any atom is -0.352 e. The Morgan fingerprint density at radius 1 is 1.13 bits per heavy atom. The lowest BCUT2D eigenvalue weighted by Crippen LogP contribution is -2.50. The van der Waals surface area contributed by atoms with E-state index in [4.69, 9.17) is 23.2 Å². The molecule has 8 heteroatoms. The molecule has 2 aromatic carbocycles. The summed E-state index contributed by atoms with van der Waals surface area (Å²) in [6, 6.07) is 10.5. The number of hydrogen-bond acceptors (Lipinski definition) is 3. The minimum atomic E-state index is -0.661. The van der Waals surface area contributed by atoms with Gasteiger partial charge in [0.05, 0.1) is 5.75 Å². The van der Waals surface area contributed by atoms with Crippen LogP contribution < -0.4 is 5.32 Å². The first-order valence-electron chi connectivity index (χ1n) is 10.1.